The van der Waals surface area contributed by atoms with Gasteiger partial charge in [0.2, 0.25) is 0 Å². The van der Waals surface area contributed by atoms with E-state index in [4.69, 9.17) is 11.6 Å². The number of carbonyl (C=O) groups excluding carboxylic acids is 1. The summed E-state index contributed by atoms with van der Waals surface area (Å²) in [5, 5.41) is 18.6. The smallest absolute Gasteiger partial charge is 0.315 e. The highest BCUT2D eigenvalue weighted by atomic mass is 35.5. The summed E-state index contributed by atoms with van der Waals surface area (Å²) in [6, 6.07) is 7.87. The summed E-state index contributed by atoms with van der Waals surface area (Å²) < 4.78 is 0. The van der Waals surface area contributed by atoms with Crippen molar-refractivity contribution in [1.29, 1.82) is 0 Å². The van der Waals surface area contributed by atoms with Gasteiger partial charge in [-0.1, -0.05) is 17.7 Å². The SMILES string of the molecule is O=C(NCC1(O)C2C3CC4C5C3CC2C5C41)NC1CCN(c2cccc(Cl)c2)C1. The van der Waals surface area contributed by atoms with Crippen LogP contribution in [0.25, 0.3) is 0 Å². The minimum Gasteiger partial charge on any atom is -0.387 e. The summed E-state index contributed by atoms with van der Waals surface area (Å²) >= 11 is 6.11. The lowest BCUT2D eigenvalue weighted by atomic mass is 9.56. The van der Waals surface area contributed by atoms with Crippen molar-refractivity contribution in [2.24, 2.45) is 47.3 Å². The number of halogens is 1. The third kappa shape index (κ3) is 2.09. The maximum Gasteiger partial charge on any atom is 0.315 e. The van der Waals surface area contributed by atoms with E-state index < -0.39 is 5.60 Å². The van der Waals surface area contributed by atoms with Gasteiger partial charge < -0.3 is 20.6 Å². The van der Waals surface area contributed by atoms with Crippen LogP contribution in [0.15, 0.2) is 24.3 Å². The van der Waals surface area contributed by atoms with Crippen LogP contribution in [-0.2, 0) is 0 Å². The lowest BCUT2D eigenvalue weighted by Gasteiger charge is -2.51. The van der Waals surface area contributed by atoms with Crippen LogP contribution in [-0.4, -0.2) is 42.4 Å². The van der Waals surface area contributed by atoms with Gasteiger partial charge in [0.25, 0.3) is 0 Å². The number of rotatable bonds is 4. The molecule has 6 aliphatic rings. The van der Waals surface area contributed by atoms with Crippen LogP contribution in [0.4, 0.5) is 10.5 Å². The lowest BCUT2D eigenvalue weighted by Crippen LogP contribution is -2.60. The van der Waals surface area contributed by atoms with Gasteiger partial charge in [0.15, 0.2) is 0 Å². The first kappa shape index (κ1) is 17.2. The number of carbonyl (C=O) groups is 1. The topological polar surface area (TPSA) is 64.6 Å². The van der Waals surface area contributed by atoms with Crippen molar-refractivity contribution in [2.75, 3.05) is 24.5 Å². The highest BCUT2D eigenvalue weighted by Gasteiger charge is 2.84. The van der Waals surface area contributed by atoms with E-state index in [0.29, 0.717) is 18.4 Å². The highest BCUT2D eigenvalue weighted by molar-refractivity contribution is 6.30. The van der Waals surface area contributed by atoms with E-state index in [1.165, 1.54) is 12.8 Å². The molecule has 5 aliphatic carbocycles. The predicted molar refractivity (Wildman–Crippen MR) is 111 cm³/mol. The van der Waals surface area contributed by atoms with E-state index >= 15 is 0 Å². The first-order chi connectivity index (χ1) is 14.0. The van der Waals surface area contributed by atoms with Crippen molar-refractivity contribution in [3.63, 3.8) is 0 Å². The molecule has 3 N–H and O–H groups in total. The molecule has 10 atom stereocenters. The Morgan fingerprint density at radius 1 is 1.17 bits per heavy atom. The minimum absolute atomic E-state index is 0.126. The number of anilines is 1. The third-order valence-electron chi connectivity index (χ3n) is 9.75. The van der Waals surface area contributed by atoms with Gasteiger partial charge in [0.1, 0.15) is 0 Å². The molecule has 154 valence electrons. The van der Waals surface area contributed by atoms with E-state index in [9.17, 15) is 9.90 Å². The number of amides is 2. The predicted octanol–water partition coefficient (Wildman–Crippen LogP) is 2.73. The fourth-order valence-electron chi connectivity index (χ4n) is 9.20. The molecule has 0 spiro atoms. The Morgan fingerprint density at radius 2 is 2.00 bits per heavy atom. The number of urea groups is 1. The molecule has 1 saturated heterocycles. The van der Waals surface area contributed by atoms with Gasteiger partial charge in [0, 0.05) is 36.4 Å². The molecule has 0 aromatic heterocycles. The number of hydrogen-bond donors (Lipinski definition) is 3. The Kier molecular flexibility index (Phi) is 3.34. The molecule has 6 fully saturated rings. The second-order valence-corrected chi connectivity index (χ2v) is 11.0. The number of fused-ring (bicyclic) bond motifs is 2. The fraction of sp³-hybridized carbons (Fsp3) is 0.696. The molecule has 6 heteroatoms. The van der Waals surface area contributed by atoms with Crippen molar-refractivity contribution in [3.8, 4) is 0 Å². The number of aliphatic hydroxyl groups is 1. The standard InChI is InChI=1S/C23H28ClN3O2/c24-11-2-1-3-13(6-11)27-5-4-12(9-27)26-22(28)25-10-23(29)20-15-8-16-18-14(15)7-17(20)19(18)21(16)23/h1-3,6,12,14-21,29H,4-5,7-10H2,(H2,25,26,28). The molecule has 1 aliphatic heterocycles. The zero-order chi connectivity index (χ0) is 19.5. The molecule has 5 nitrogen and oxygen atoms in total. The lowest BCUT2D eigenvalue weighted by molar-refractivity contribution is -0.126. The first-order valence-corrected chi connectivity index (χ1v) is 11.7. The van der Waals surface area contributed by atoms with E-state index in [1.54, 1.807) is 0 Å². The van der Waals surface area contributed by atoms with Crippen LogP contribution in [0.1, 0.15) is 19.3 Å². The normalized spacial score (nSPS) is 49.7. The fourth-order valence-corrected chi connectivity index (χ4v) is 9.39. The third-order valence-corrected chi connectivity index (χ3v) is 9.98. The minimum atomic E-state index is -0.648. The molecular weight excluding hydrogens is 386 g/mol. The van der Waals surface area contributed by atoms with Gasteiger partial charge in [-0.2, -0.15) is 0 Å². The van der Waals surface area contributed by atoms with Gasteiger partial charge in [-0.3, -0.25) is 0 Å². The van der Waals surface area contributed by atoms with Crippen molar-refractivity contribution in [3.05, 3.63) is 29.3 Å². The molecule has 2 amide bonds. The molecule has 29 heavy (non-hydrogen) atoms. The Hall–Kier alpha value is -1.46. The van der Waals surface area contributed by atoms with Crippen LogP contribution in [0.5, 0.6) is 0 Å². The van der Waals surface area contributed by atoms with Crippen LogP contribution in [0, 0.1) is 47.3 Å². The van der Waals surface area contributed by atoms with Gasteiger partial charge in [-0.15, -0.1) is 0 Å². The second-order valence-electron chi connectivity index (χ2n) is 10.6. The largest absolute Gasteiger partial charge is 0.387 e. The average molecular weight is 414 g/mol. The molecule has 0 radical (unpaired) electrons. The molecule has 2 bridgehead atoms. The van der Waals surface area contributed by atoms with E-state index in [-0.39, 0.29) is 12.1 Å². The number of nitrogens with zero attached hydrogens (tertiary/aromatic N) is 1. The summed E-state index contributed by atoms with van der Waals surface area (Å²) in [6.45, 7) is 2.13. The summed E-state index contributed by atoms with van der Waals surface area (Å²) in [5.74, 6) is 5.72. The second kappa shape index (κ2) is 5.61. The summed E-state index contributed by atoms with van der Waals surface area (Å²) in [6.07, 6.45) is 3.63. The van der Waals surface area contributed by atoms with Gasteiger partial charge in [-0.05, 0) is 84.8 Å². The maximum absolute atomic E-state index is 12.6. The van der Waals surface area contributed by atoms with E-state index in [1.807, 2.05) is 18.2 Å². The molecule has 5 saturated carbocycles. The summed E-state index contributed by atoms with van der Waals surface area (Å²) in [5.41, 5.74) is 0.456. The molecule has 7 rings (SSSR count). The van der Waals surface area contributed by atoms with Crippen LogP contribution in [0.2, 0.25) is 5.02 Å². The summed E-state index contributed by atoms with van der Waals surface area (Å²) in [7, 11) is 0. The van der Waals surface area contributed by atoms with Crippen molar-refractivity contribution in [2.45, 2.75) is 30.9 Å². The summed E-state index contributed by atoms with van der Waals surface area (Å²) in [4.78, 5) is 14.9. The van der Waals surface area contributed by atoms with Gasteiger partial charge in [0.05, 0.1) is 5.60 Å². The van der Waals surface area contributed by atoms with Gasteiger partial charge >= 0.3 is 6.03 Å². The molecule has 1 aromatic rings. The monoisotopic (exact) mass is 413 g/mol. The Labute approximate surface area is 176 Å². The highest BCUT2D eigenvalue weighted by Crippen LogP contribution is 2.85. The molecular formula is C23H28ClN3O2. The molecule has 1 heterocycles. The number of nitrogens with one attached hydrogen (secondary N) is 2. The van der Waals surface area contributed by atoms with Crippen LogP contribution >= 0.6 is 11.6 Å². The Bertz CT molecular complexity index is 889. The Morgan fingerprint density at radius 3 is 2.86 bits per heavy atom. The molecule has 10 unspecified atom stereocenters. The number of hydrogen-bond acceptors (Lipinski definition) is 3. The van der Waals surface area contributed by atoms with Crippen molar-refractivity contribution in [1.82, 2.24) is 10.6 Å². The molecule has 1 aromatic carbocycles. The number of benzene rings is 1. The van der Waals surface area contributed by atoms with Gasteiger partial charge in [-0.25, -0.2) is 4.79 Å². The average Bonchev–Trinajstić information content (AvgIpc) is 3.36. The van der Waals surface area contributed by atoms with Crippen molar-refractivity contribution >= 4 is 23.3 Å². The van der Waals surface area contributed by atoms with E-state index in [2.05, 4.69) is 21.6 Å². The first-order valence-electron chi connectivity index (χ1n) is 11.3. The zero-order valence-corrected chi connectivity index (χ0v) is 17.2. The van der Waals surface area contributed by atoms with Crippen molar-refractivity contribution < 1.29 is 9.90 Å². The maximum atomic E-state index is 12.6. The quantitative estimate of drug-likeness (QED) is 0.711. The van der Waals surface area contributed by atoms with Crippen LogP contribution in [0.3, 0.4) is 0 Å². The zero-order valence-electron chi connectivity index (χ0n) is 16.4. The van der Waals surface area contributed by atoms with E-state index in [0.717, 1.165) is 65.7 Å². The Balaban J connectivity index is 0.977. The van der Waals surface area contributed by atoms with Crippen LogP contribution < -0.4 is 15.5 Å².